The van der Waals surface area contributed by atoms with Crippen molar-refractivity contribution in [1.29, 1.82) is 0 Å². The molecule has 0 bridgehead atoms. The van der Waals surface area contributed by atoms with Crippen LogP contribution >= 0.6 is 0 Å². The smallest absolute Gasteiger partial charge is 0.306 e. The second-order valence-corrected chi connectivity index (χ2v) is 17.2. The van der Waals surface area contributed by atoms with Crippen molar-refractivity contribution in [2.45, 2.75) is 256 Å². The lowest BCUT2D eigenvalue weighted by Gasteiger charge is -2.39. The average Bonchev–Trinajstić information content (AvgIpc) is 3.26. The highest BCUT2D eigenvalue weighted by molar-refractivity contribution is 5.70. The van der Waals surface area contributed by atoms with Crippen LogP contribution in [0.25, 0.3) is 0 Å². The van der Waals surface area contributed by atoms with Gasteiger partial charge in [0.1, 0.15) is 31.0 Å². The molecule has 1 aliphatic heterocycles. The van der Waals surface area contributed by atoms with Crippen LogP contribution in [0.3, 0.4) is 0 Å². The quantitative estimate of drug-likeness (QED) is 0.0265. The van der Waals surface area contributed by atoms with Crippen LogP contribution in [-0.2, 0) is 28.5 Å². The number of rotatable bonds is 42. The van der Waals surface area contributed by atoms with Crippen molar-refractivity contribution >= 4 is 11.9 Å². The largest absolute Gasteiger partial charge is 0.462 e. The Morgan fingerprint density at radius 1 is 0.525 bits per heavy atom. The summed E-state index contributed by atoms with van der Waals surface area (Å²) in [6.45, 7) is 3.32. The molecule has 0 radical (unpaired) electrons. The molecule has 6 atom stereocenters. The molecule has 1 fully saturated rings. The van der Waals surface area contributed by atoms with Gasteiger partial charge in [0.25, 0.3) is 0 Å². The first-order valence-electron chi connectivity index (χ1n) is 25.1. The Kier molecular flexibility index (Phi) is 39.1. The van der Waals surface area contributed by atoms with Crippen LogP contribution < -0.4 is 0 Å². The monoisotopic (exact) mass is 865 g/mol. The Morgan fingerprint density at radius 3 is 1.46 bits per heavy atom. The zero-order valence-electron chi connectivity index (χ0n) is 38.9. The molecule has 61 heavy (non-hydrogen) atoms. The Morgan fingerprint density at radius 2 is 0.967 bits per heavy atom. The van der Waals surface area contributed by atoms with Gasteiger partial charge in [-0.1, -0.05) is 198 Å². The van der Waals surface area contributed by atoms with Crippen molar-refractivity contribution in [1.82, 2.24) is 0 Å². The third-order valence-corrected chi connectivity index (χ3v) is 11.5. The highest BCUT2D eigenvalue weighted by Gasteiger charge is 2.44. The lowest BCUT2D eigenvalue weighted by molar-refractivity contribution is -0.305. The molecule has 1 aliphatic rings. The van der Waals surface area contributed by atoms with E-state index in [9.17, 15) is 30.0 Å². The number of aliphatic hydroxyl groups excluding tert-OH is 4. The number of hydrogen-bond acceptors (Lipinski definition) is 10. The van der Waals surface area contributed by atoms with E-state index in [-0.39, 0.29) is 32.0 Å². The van der Waals surface area contributed by atoms with Crippen LogP contribution in [0.2, 0.25) is 0 Å². The van der Waals surface area contributed by atoms with Crippen molar-refractivity contribution in [3.05, 3.63) is 36.5 Å². The van der Waals surface area contributed by atoms with Gasteiger partial charge in [-0.2, -0.15) is 0 Å². The Labute approximate surface area is 372 Å². The van der Waals surface area contributed by atoms with E-state index in [0.717, 1.165) is 70.6 Å². The molecule has 0 aromatic carbocycles. The molecule has 0 spiro atoms. The first-order chi connectivity index (χ1) is 29.8. The number of ether oxygens (including phenoxy) is 4. The zero-order valence-corrected chi connectivity index (χ0v) is 38.9. The Hall–Kier alpha value is -2.08. The summed E-state index contributed by atoms with van der Waals surface area (Å²) >= 11 is 0. The molecule has 0 aliphatic carbocycles. The topological polar surface area (TPSA) is 152 Å². The molecule has 1 rings (SSSR count). The zero-order chi connectivity index (χ0) is 44.4. The SMILES string of the molecule is CC/C=C/C/C=C/C/C=C/CCCCCCCC(=O)O[C@@H](COC(=O)CCCCCCCCCCCCCCCCCCCCCCC)CO[C@H]1O[C@@H](CO)[C@@H](O)C(O)C1O. The van der Waals surface area contributed by atoms with Gasteiger partial charge in [0.2, 0.25) is 0 Å². The molecule has 10 nitrogen and oxygen atoms in total. The molecule has 0 aromatic heterocycles. The van der Waals surface area contributed by atoms with Crippen LogP contribution in [0.5, 0.6) is 0 Å². The van der Waals surface area contributed by atoms with Gasteiger partial charge < -0.3 is 39.4 Å². The van der Waals surface area contributed by atoms with Crippen molar-refractivity contribution in [3.8, 4) is 0 Å². The number of unbranched alkanes of at least 4 members (excludes halogenated alkanes) is 25. The van der Waals surface area contributed by atoms with Gasteiger partial charge in [0.15, 0.2) is 12.4 Å². The Balaban J connectivity index is 2.25. The lowest BCUT2D eigenvalue weighted by atomic mass is 9.99. The minimum absolute atomic E-state index is 0.212. The van der Waals surface area contributed by atoms with E-state index in [2.05, 4.69) is 50.3 Å². The van der Waals surface area contributed by atoms with Crippen LogP contribution in [0.1, 0.15) is 219 Å². The number of esters is 2. The van der Waals surface area contributed by atoms with E-state index in [4.69, 9.17) is 18.9 Å². The first kappa shape index (κ1) is 56.9. The first-order valence-corrected chi connectivity index (χ1v) is 25.1. The number of hydrogen-bond donors (Lipinski definition) is 4. The van der Waals surface area contributed by atoms with E-state index in [1.807, 2.05) is 0 Å². The van der Waals surface area contributed by atoms with E-state index in [1.54, 1.807) is 0 Å². The fourth-order valence-electron chi connectivity index (χ4n) is 7.62. The number of allylic oxidation sites excluding steroid dienone is 6. The van der Waals surface area contributed by atoms with Crippen LogP contribution in [0.4, 0.5) is 0 Å². The summed E-state index contributed by atoms with van der Waals surface area (Å²) in [5.74, 6) is -0.818. The number of aliphatic hydroxyl groups is 4. The maximum absolute atomic E-state index is 12.8. The van der Waals surface area contributed by atoms with Gasteiger partial charge >= 0.3 is 11.9 Å². The van der Waals surface area contributed by atoms with Gasteiger partial charge in [-0.25, -0.2) is 0 Å². The molecule has 1 heterocycles. The molecule has 356 valence electrons. The third-order valence-electron chi connectivity index (χ3n) is 11.5. The molecule has 0 amide bonds. The van der Waals surface area contributed by atoms with Crippen molar-refractivity contribution in [2.75, 3.05) is 19.8 Å². The molecule has 0 aromatic rings. The summed E-state index contributed by atoms with van der Waals surface area (Å²) in [6, 6.07) is 0. The average molecular weight is 865 g/mol. The van der Waals surface area contributed by atoms with E-state index in [1.165, 1.54) is 116 Å². The van der Waals surface area contributed by atoms with Gasteiger partial charge in [-0.15, -0.1) is 0 Å². The van der Waals surface area contributed by atoms with Crippen molar-refractivity contribution < 1.29 is 49.0 Å². The van der Waals surface area contributed by atoms with Crippen molar-refractivity contribution in [2.24, 2.45) is 0 Å². The standard InChI is InChI=1S/C51H92O10/c1-3-5-7-9-11-13-15-17-19-20-21-22-23-24-26-27-29-31-33-35-37-39-46(53)58-42-44(43-59-51-50(57)49(56)48(55)45(41-52)61-51)60-47(54)40-38-36-34-32-30-28-25-18-16-14-12-10-8-6-4-2/h6,8,12,14,18,25,44-45,48-52,55-57H,3-5,7,9-11,13,15-17,19-24,26-43H2,1-2H3/b8-6+,14-12+,25-18+/t44-,45-,48+,49?,50?,51-/m0/s1. The molecule has 4 N–H and O–H groups in total. The number of carbonyl (C=O) groups is 2. The summed E-state index contributed by atoms with van der Waals surface area (Å²) in [5, 5.41) is 40.2. The fourth-order valence-corrected chi connectivity index (χ4v) is 7.62. The summed E-state index contributed by atoms with van der Waals surface area (Å²) in [5.41, 5.74) is 0. The summed E-state index contributed by atoms with van der Waals surface area (Å²) < 4.78 is 22.2. The Bertz CT molecular complexity index is 1090. The predicted octanol–water partition coefficient (Wildman–Crippen LogP) is 11.4. The van der Waals surface area contributed by atoms with Crippen LogP contribution in [-0.4, -0.2) is 89.0 Å². The van der Waals surface area contributed by atoms with E-state index < -0.39 is 49.4 Å². The minimum Gasteiger partial charge on any atom is -0.462 e. The highest BCUT2D eigenvalue weighted by Crippen LogP contribution is 2.23. The molecular formula is C51H92O10. The molecule has 1 saturated heterocycles. The molecular weight excluding hydrogens is 773 g/mol. The summed E-state index contributed by atoms with van der Waals surface area (Å²) in [6.07, 6.45) is 41.6. The maximum Gasteiger partial charge on any atom is 0.306 e. The van der Waals surface area contributed by atoms with Crippen LogP contribution in [0.15, 0.2) is 36.5 Å². The van der Waals surface area contributed by atoms with Crippen LogP contribution in [0, 0.1) is 0 Å². The summed E-state index contributed by atoms with van der Waals surface area (Å²) in [7, 11) is 0. The molecule has 0 saturated carbocycles. The maximum atomic E-state index is 12.8. The van der Waals surface area contributed by atoms with Gasteiger partial charge in [-0.05, 0) is 44.9 Å². The number of carbonyl (C=O) groups excluding carboxylic acids is 2. The third kappa shape index (κ3) is 33.1. The second-order valence-electron chi connectivity index (χ2n) is 17.2. The van der Waals surface area contributed by atoms with Gasteiger partial charge in [0, 0.05) is 12.8 Å². The summed E-state index contributed by atoms with van der Waals surface area (Å²) in [4.78, 5) is 25.4. The van der Waals surface area contributed by atoms with E-state index >= 15 is 0 Å². The predicted molar refractivity (Wildman–Crippen MR) is 247 cm³/mol. The van der Waals surface area contributed by atoms with Crippen molar-refractivity contribution in [3.63, 3.8) is 0 Å². The fraction of sp³-hybridized carbons (Fsp3) is 0.843. The second kappa shape index (κ2) is 41.9. The molecule has 2 unspecified atom stereocenters. The van der Waals surface area contributed by atoms with E-state index in [0.29, 0.717) is 6.42 Å². The molecule has 10 heteroatoms. The normalized spacial score (nSPS) is 20.0. The van der Waals surface area contributed by atoms with Gasteiger partial charge in [0.05, 0.1) is 13.2 Å². The lowest BCUT2D eigenvalue weighted by Crippen LogP contribution is -2.59. The minimum atomic E-state index is -1.60. The highest BCUT2D eigenvalue weighted by atomic mass is 16.7. The van der Waals surface area contributed by atoms with Gasteiger partial charge in [-0.3, -0.25) is 9.59 Å².